The molecule has 25 heavy (non-hydrogen) atoms. The van der Waals surface area contributed by atoms with Crippen molar-refractivity contribution in [3.8, 4) is 0 Å². The fraction of sp³-hybridized carbons (Fsp3) is 0.667. The van der Waals surface area contributed by atoms with Crippen LogP contribution in [0, 0.1) is 6.92 Å². The van der Waals surface area contributed by atoms with E-state index in [1.54, 1.807) is 0 Å². The smallest absolute Gasteiger partial charge is 0.226 e. The molecule has 2 aromatic heterocycles. The molecule has 1 unspecified atom stereocenters. The molecule has 3 rings (SSSR count). The van der Waals surface area contributed by atoms with Gasteiger partial charge in [-0.05, 0) is 31.7 Å². The molecule has 2 aromatic rings. The van der Waals surface area contributed by atoms with Crippen LogP contribution in [-0.2, 0) is 17.8 Å². The topological polar surface area (TPSA) is 77.1 Å². The highest BCUT2D eigenvalue weighted by Gasteiger charge is 2.28. The molecule has 3 heterocycles. The third-order valence-electron chi connectivity index (χ3n) is 4.64. The highest BCUT2D eigenvalue weighted by Crippen LogP contribution is 2.21. The minimum Gasteiger partial charge on any atom is -0.339 e. The maximum absolute atomic E-state index is 12.6. The van der Waals surface area contributed by atoms with Gasteiger partial charge in [0, 0.05) is 31.5 Å². The molecule has 1 aliphatic heterocycles. The predicted octanol–water partition coefficient (Wildman–Crippen LogP) is 2.71. The lowest BCUT2D eigenvalue weighted by Crippen LogP contribution is -2.38. The molecule has 0 aromatic carbocycles. The summed E-state index contributed by atoms with van der Waals surface area (Å²) in [6.07, 6.45) is 7.92. The fourth-order valence-electron chi connectivity index (χ4n) is 3.28. The molecule has 1 atom stereocenters. The molecule has 0 bridgehead atoms. The molecular formula is C18H27N5O2. The standard InChI is InChI=1S/C18H27N5O2/c1-13(2)18-20-16(25-21-18)7-4-8-17(24)23-9-5-6-15(23)12-22-11-14(3)10-19-22/h10-11,13,15H,4-9,12H2,1-3H3. The summed E-state index contributed by atoms with van der Waals surface area (Å²) in [4.78, 5) is 19.0. The van der Waals surface area contributed by atoms with Crippen LogP contribution in [0.2, 0.25) is 0 Å². The van der Waals surface area contributed by atoms with Crippen molar-refractivity contribution in [1.82, 2.24) is 24.8 Å². The highest BCUT2D eigenvalue weighted by molar-refractivity contribution is 5.76. The first kappa shape index (κ1) is 17.6. The molecule has 1 aliphatic rings. The van der Waals surface area contributed by atoms with Crippen LogP contribution >= 0.6 is 0 Å². The van der Waals surface area contributed by atoms with Gasteiger partial charge in [-0.25, -0.2) is 0 Å². The van der Waals surface area contributed by atoms with E-state index >= 15 is 0 Å². The van der Waals surface area contributed by atoms with E-state index in [0.29, 0.717) is 18.7 Å². The molecular weight excluding hydrogens is 318 g/mol. The molecule has 0 aliphatic carbocycles. The van der Waals surface area contributed by atoms with E-state index in [-0.39, 0.29) is 17.9 Å². The molecule has 7 heteroatoms. The van der Waals surface area contributed by atoms with E-state index in [1.807, 2.05) is 42.7 Å². The van der Waals surface area contributed by atoms with Gasteiger partial charge in [-0.15, -0.1) is 0 Å². The third kappa shape index (κ3) is 4.46. The van der Waals surface area contributed by atoms with Gasteiger partial charge < -0.3 is 9.42 Å². The summed E-state index contributed by atoms with van der Waals surface area (Å²) in [5.41, 5.74) is 1.15. The number of likely N-dealkylation sites (tertiary alicyclic amines) is 1. The molecule has 0 saturated carbocycles. The van der Waals surface area contributed by atoms with Gasteiger partial charge in [0.05, 0.1) is 18.8 Å². The van der Waals surface area contributed by atoms with Gasteiger partial charge in [0.2, 0.25) is 11.8 Å². The van der Waals surface area contributed by atoms with Gasteiger partial charge in [-0.3, -0.25) is 9.48 Å². The average Bonchev–Trinajstić information content (AvgIpc) is 3.29. The normalized spacial score (nSPS) is 17.6. The van der Waals surface area contributed by atoms with Crippen LogP contribution in [0.15, 0.2) is 16.9 Å². The molecule has 0 N–H and O–H groups in total. The highest BCUT2D eigenvalue weighted by atomic mass is 16.5. The number of nitrogens with zero attached hydrogens (tertiary/aromatic N) is 5. The van der Waals surface area contributed by atoms with Crippen molar-refractivity contribution in [2.45, 2.75) is 71.4 Å². The predicted molar refractivity (Wildman–Crippen MR) is 93.0 cm³/mol. The number of carbonyl (C=O) groups excluding carboxylic acids is 1. The van der Waals surface area contributed by atoms with E-state index in [9.17, 15) is 4.79 Å². The van der Waals surface area contributed by atoms with Gasteiger partial charge in [0.15, 0.2) is 5.82 Å². The Morgan fingerprint density at radius 2 is 2.28 bits per heavy atom. The summed E-state index contributed by atoms with van der Waals surface area (Å²) < 4.78 is 7.18. The number of amides is 1. The van der Waals surface area contributed by atoms with Crippen LogP contribution in [0.5, 0.6) is 0 Å². The number of aryl methyl sites for hydroxylation is 2. The Hall–Kier alpha value is -2.18. The van der Waals surface area contributed by atoms with E-state index in [2.05, 4.69) is 15.2 Å². The second-order valence-corrected chi connectivity index (χ2v) is 7.18. The molecule has 1 fully saturated rings. The summed E-state index contributed by atoms with van der Waals surface area (Å²) >= 11 is 0. The summed E-state index contributed by atoms with van der Waals surface area (Å²) in [5, 5.41) is 8.30. The maximum Gasteiger partial charge on any atom is 0.226 e. The Morgan fingerprint density at radius 1 is 1.44 bits per heavy atom. The van der Waals surface area contributed by atoms with Crippen molar-refractivity contribution in [1.29, 1.82) is 0 Å². The Labute approximate surface area is 148 Å². The summed E-state index contributed by atoms with van der Waals surface area (Å²) in [6, 6.07) is 0.253. The number of hydrogen-bond acceptors (Lipinski definition) is 5. The fourth-order valence-corrected chi connectivity index (χ4v) is 3.28. The minimum absolute atomic E-state index is 0.218. The first-order valence-corrected chi connectivity index (χ1v) is 9.14. The third-order valence-corrected chi connectivity index (χ3v) is 4.64. The monoisotopic (exact) mass is 345 g/mol. The van der Waals surface area contributed by atoms with E-state index in [1.165, 1.54) is 0 Å². The van der Waals surface area contributed by atoms with Crippen LogP contribution in [0.1, 0.15) is 62.7 Å². The van der Waals surface area contributed by atoms with Crippen molar-refractivity contribution in [2.24, 2.45) is 0 Å². The Balaban J connectivity index is 1.48. The molecule has 0 radical (unpaired) electrons. The van der Waals surface area contributed by atoms with E-state index in [0.717, 1.165) is 43.7 Å². The van der Waals surface area contributed by atoms with Crippen LogP contribution in [0.25, 0.3) is 0 Å². The van der Waals surface area contributed by atoms with Crippen LogP contribution in [-0.4, -0.2) is 43.3 Å². The lowest BCUT2D eigenvalue weighted by atomic mass is 10.2. The Morgan fingerprint density at radius 3 is 2.96 bits per heavy atom. The first-order chi connectivity index (χ1) is 12.0. The van der Waals surface area contributed by atoms with Gasteiger partial charge in [-0.2, -0.15) is 10.1 Å². The number of carbonyl (C=O) groups is 1. The SMILES string of the molecule is Cc1cnn(CC2CCCN2C(=O)CCCc2nc(C(C)C)no2)c1. The zero-order chi connectivity index (χ0) is 17.8. The zero-order valence-electron chi connectivity index (χ0n) is 15.3. The average molecular weight is 345 g/mol. The van der Waals surface area contributed by atoms with Gasteiger partial charge in [0.25, 0.3) is 0 Å². The van der Waals surface area contributed by atoms with Crippen LogP contribution in [0.4, 0.5) is 0 Å². The van der Waals surface area contributed by atoms with Crippen molar-refractivity contribution in [3.63, 3.8) is 0 Å². The van der Waals surface area contributed by atoms with Crippen molar-refractivity contribution < 1.29 is 9.32 Å². The zero-order valence-corrected chi connectivity index (χ0v) is 15.3. The Bertz CT molecular complexity index is 706. The molecule has 0 spiro atoms. The molecule has 136 valence electrons. The van der Waals surface area contributed by atoms with Crippen LogP contribution in [0.3, 0.4) is 0 Å². The number of aromatic nitrogens is 4. The molecule has 7 nitrogen and oxygen atoms in total. The van der Waals surface area contributed by atoms with Crippen molar-refractivity contribution >= 4 is 5.91 Å². The van der Waals surface area contributed by atoms with Crippen molar-refractivity contribution in [3.05, 3.63) is 29.7 Å². The summed E-state index contributed by atoms with van der Waals surface area (Å²) in [5.74, 6) is 1.84. The van der Waals surface area contributed by atoms with Gasteiger partial charge >= 0.3 is 0 Å². The number of rotatable bonds is 7. The molecule has 1 amide bonds. The second-order valence-electron chi connectivity index (χ2n) is 7.18. The van der Waals surface area contributed by atoms with E-state index < -0.39 is 0 Å². The minimum atomic E-state index is 0.218. The van der Waals surface area contributed by atoms with Gasteiger partial charge in [0.1, 0.15) is 0 Å². The van der Waals surface area contributed by atoms with Crippen molar-refractivity contribution in [2.75, 3.05) is 6.54 Å². The summed E-state index contributed by atoms with van der Waals surface area (Å²) in [7, 11) is 0. The first-order valence-electron chi connectivity index (χ1n) is 9.14. The largest absolute Gasteiger partial charge is 0.339 e. The number of hydrogen-bond donors (Lipinski definition) is 0. The maximum atomic E-state index is 12.6. The van der Waals surface area contributed by atoms with Gasteiger partial charge in [-0.1, -0.05) is 19.0 Å². The van der Waals surface area contributed by atoms with Crippen LogP contribution < -0.4 is 0 Å². The summed E-state index contributed by atoms with van der Waals surface area (Å²) in [6.45, 7) is 7.73. The Kier molecular flexibility index (Phi) is 5.50. The quantitative estimate of drug-likeness (QED) is 0.771. The molecule has 1 saturated heterocycles. The lowest BCUT2D eigenvalue weighted by molar-refractivity contribution is -0.132. The second kappa shape index (κ2) is 7.80. The van der Waals surface area contributed by atoms with E-state index in [4.69, 9.17) is 4.52 Å². The lowest BCUT2D eigenvalue weighted by Gasteiger charge is -2.24.